The van der Waals surface area contributed by atoms with Crippen molar-refractivity contribution < 1.29 is 9.84 Å². The van der Waals surface area contributed by atoms with Crippen LogP contribution in [0.4, 0.5) is 0 Å². The summed E-state index contributed by atoms with van der Waals surface area (Å²) in [7, 11) is 0. The topological polar surface area (TPSA) is 32.7 Å². The molecule has 2 aromatic rings. The number of rotatable bonds is 4. The van der Waals surface area contributed by atoms with Gasteiger partial charge in [-0.2, -0.15) is 0 Å². The number of ether oxygens (including phenoxy) is 1. The first-order valence-corrected chi connectivity index (χ1v) is 9.05. The maximum Gasteiger partial charge on any atom is 0.136 e. The zero-order valence-corrected chi connectivity index (χ0v) is 14.5. The lowest BCUT2D eigenvalue weighted by atomic mass is 9.88. The van der Waals surface area contributed by atoms with Crippen LogP contribution in [0.15, 0.2) is 61.2 Å². The van der Waals surface area contributed by atoms with Crippen molar-refractivity contribution >= 4 is 5.70 Å². The minimum absolute atomic E-state index is 0.389. The highest BCUT2D eigenvalue weighted by atomic mass is 16.5. The van der Waals surface area contributed by atoms with Crippen LogP contribution in [0.3, 0.4) is 0 Å². The first-order valence-electron chi connectivity index (χ1n) is 9.05. The van der Waals surface area contributed by atoms with E-state index in [9.17, 15) is 5.11 Å². The van der Waals surface area contributed by atoms with Gasteiger partial charge >= 0.3 is 0 Å². The SMILES string of the molecule is C=C(c1ccc(C2(O)COC2)cc1)N1CCC(c2ccccc2)CC1. The van der Waals surface area contributed by atoms with Crippen LogP contribution in [0.5, 0.6) is 0 Å². The van der Waals surface area contributed by atoms with Crippen LogP contribution in [0, 0.1) is 0 Å². The molecule has 0 atom stereocenters. The lowest BCUT2D eigenvalue weighted by Crippen LogP contribution is -2.46. The molecule has 0 aliphatic carbocycles. The molecule has 2 heterocycles. The lowest BCUT2D eigenvalue weighted by molar-refractivity contribution is -0.184. The van der Waals surface area contributed by atoms with Crippen LogP contribution in [0.25, 0.3) is 5.70 Å². The molecule has 0 aromatic heterocycles. The Hall–Kier alpha value is -2.10. The van der Waals surface area contributed by atoms with E-state index < -0.39 is 5.60 Å². The third-order valence-corrected chi connectivity index (χ3v) is 5.58. The van der Waals surface area contributed by atoms with E-state index in [0.29, 0.717) is 19.1 Å². The number of hydrogen-bond donors (Lipinski definition) is 1. The quantitative estimate of drug-likeness (QED) is 0.923. The number of hydrogen-bond acceptors (Lipinski definition) is 3. The van der Waals surface area contributed by atoms with E-state index in [1.807, 2.05) is 12.1 Å². The summed E-state index contributed by atoms with van der Waals surface area (Å²) in [6.07, 6.45) is 2.33. The van der Waals surface area contributed by atoms with Crippen molar-refractivity contribution in [1.82, 2.24) is 4.90 Å². The van der Waals surface area contributed by atoms with E-state index in [4.69, 9.17) is 4.74 Å². The van der Waals surface area contributed by atoms with Gasteiger partial charge in [0, 0.05) is 18.8 Å². The van der Waals surface area contributed by atoms with Crippen LogP contribution in [-0.2, 0) is 10.3 Å². The summed E-state index contributed by atoms with van der Waals surface area (Å²) >= 11 is 0. The second kappa shape index (κ2) is 6.66. The molecule has 1 N–H and O–H groups in total. The fourth-order valence-corrected chi connectivity index (χ4v) is 3.83. The molecular formula is C22H25NO2. The average Bonchev–Trinajstić information content (AvgIpc) is 2.66. The van der Waals surface area contributed by atoms with Crippen LogP contribution in [0.2, 0.25) is 0 Å². The maximum atomic E-state index is 10.3. The third kappa shape index (κ3) is 3.22. The van der Waals surface area contributed by atoms with E-state index in [2.05, 4.69) is 53.9 Å². The minimum Gasteiger partial charge on any atom is -0.380 e. The number of aliphatic hydroxyl groups is 1. The smallest absolute Gasteiger partial charge is 0.136 e. The normalized spacial score (nSPS) is 20.1. The molecule has 2 aliphatic heterocycles. The van der Waals surface area contributed by atoms with Gasteiger partial charge in [0.2, 0.25) is 0 Å². The number of nitrogens with zero attached hydrogens (tertiary/aromatic N) is 1. The van der Waals surface area contributed by atoms with Gasteiger partial charge in [-0.3, -0.25) is 0 Å². The lowest BCUT2D eigenvalue weighted by Gasteiger charge is -2.37. The van der Waals surface area contributed by atoms with Gasteiger partial charge < -0.3 is 14.7 Å². The molecule has 0 bridgehead atoms. The fourth-order valence-electron chi connectivity index (χ4n) is 3.83. The molecule has 4 rings (SSSR count). The van der Waals surface area contributed by atoms with Gasteiger partial charge in [-0.15, -0.1) is 0 Å². The van der Waals surface area contributed by atoms with Gasteiger partial charge in [-0.1, -0.05) is 61.2 Å². The summed E-state index contributed by atoms with van der Waals surface area (Å²) in [4.78, 5) is 2.38. The van der Waals surface area contributed by atoms with Gasteiger partial charge in [-0.25, -0.2) is 0 Å². The predicted octanol–water partition coefficient (Wildman–Crippen LogP) is 3.75. The molecule has 3 nitrogen and oxygen atoms in total. The molecule has 2 aromatic carbocycles. The predicted molar refractivity (Wildman–Crippen MR) is 100 cm³/mol. The molecule has 2 aliphatic rings. The average molecular weight is 335 g/mol. The third-order valence-electron chi connectivity index (χ3n) is 5.58. The monoisotopic (exact) mass is 335 g/mol. The van der Waals surface area contributed by atoms with E-state index in [1.54, 1.807) is 0 Å². The van der Waals surface area contributed by atoms with Crippen LogP contribution < -0.4 is 0 Å². The molecule has 130 valence electrons. The first-order chi connectivity index (χ1) is 12.2. The van der Waals surface area contributed by atoms with Crippen molar-refractivity contribution in [3.8, 4) is 0 Å². The standard InChI is InChI=1S/C22H25NO2/c1-17(18-7-9-21(10-8-18)22(24)15-25-16-22)23-13-11-20(12-14-23)19-5-3-2-4-6-19/h2-10,20,24H,1,11-16H2. The highest BCUT2D eigenvalue weighted by Gasteiger charge is 2.37. The minimum atomic E-state index is -0.798. The summed E-state index contributed by atoms with van der Waals surface area (Å²) in [6.45, 7) is 7.17. The van der Waals surface area contributed by atoms with E-state index in [-0.39, 0.29) is 0 Å². The van der Waals surface area contributed by atoms with Crippen molar-refractivity contribution in [2.24, 2.45) is 0 Å². The number of benzene rings is 2. The van der Waals surface area contributed by atoms with Gasteiger partial charge in [0.25, 0.3) is 0 Å². The van der Waals surface area contributed by atoms with Crippen LogP contribution in [-0.4, -0.2) is 36.3 Å². The Balaban J connectivity index is 1.39. The first kappa shape index (κ1) is 16.4. The largest absolute Gasteiger partial charge is 0.380 e. The molecule has 0 unspecified atom stereocenters. The molecule has 3 heteroatoms. The Kier molecular flexibility index (Phi) is 4.36. The fraction of sp³-hybridized carbons (Fsp3) is 0.364. The number of likely N-dealkylation sites (tertiary alicyclic amines) is 1. The summed E-state index contributed by atoms with van der Waals surface area (Å²) < 4.78 is 5.14. The summed E-state index contributed by atoms with van der Waals surface area (Å²) in [6, 6.07) is 18.9. The van der Waals surface area contributed by atoms with Gasteiger partial charge in [0.1, 0.15) is 5.60 Å². The zero-order valence-electron chi connectivity index (χ0n) is 14.5. The molecule has 0 radical (unpaired) electrons. The van der Waals surface area contributed by atoms with E-state index >= 15 is 0 Å². The highest BCUT2D eigenvalue weighted by molar-refractivity contribution is 5.62. The zero-order chi connectivity index (χ0) is 17.3. The van der Waals surface area contributed by atoms with Gasteiger partial charge in [0.15, 0.2) is 0 Å². The summed E-state index contributed by atoms with van der Waals surface area (Å²) in [5.41, 5.74) is 3.79. The van der Waals surface area contributed by atoms with Gasteiger partial charge in [0.05, 0.1) is 13.2 Å². The molecule has 0 saturated carbocycles. The van der Waals surface area contributed by atoms with E-state index in [1.165, 1.54) is 5.56 Å². The summed E-state index contributed by atoms with van der Waals surface area (Å²) in [5, 5.41) is 10.3. The molecular weight excluding hydrogens is 310 g/mol. The Morgan fingerprint density at radius 1 is 1.00 bits per heavy atom. The Morgan fingerprint density at radius 2 is 1.64 bits per heavy atom. The summed E-state index contributed by atoms with van der Waals surface area (Å²) in [5.74, 6) is 0.653. The van der Waals surface area contributed by atoms with E-state index in [0.717, 1.165) is 42.8 Å². The van der Waals surface area contributed by atoms with Crippen molar-refractivity contribution in [3.05, 3.63) is 77.9 Å². The van der Waals surface area contributed by atoms with Crippen LogP contribution >= 0.6 is 0 Å². The van der Waals surface area contributed by atoms with Crippen molar-refractivity contribution in [1.29, 1.82) is 0 Å². The highest BCUT2D eigenvalue weighted by Crippen LogP contribution is 2.33. The Labute approximate surface area is 149 Å². The molecule has 2 fully saturated rings. The Bertz CT molecular complexity index is 726. The Morgan fingerprint density at radius 3 is 2.20 bits per heavy atom. The second-order valence-electron chi connectivity index (χ2n) is 7.22. The van der Waals surface area contributed by atoms with Crippen molar-refractivity contribution in [3.63, 3.8) is 0 Å². The van der Waals surface area contributed by atoms with Gasteiger partial charge in [-0.05, 0) is 35.4 Å². The number of piperidine rings is 1. The van der Waals surface area contributed by atoms with Crippen LogP contribution in [0.1, 0.15) is 35.4 Å². The van der Waals surface area contributed by atoms with Crippen molar-refractivity contribution in [2.75, 3.05) is 26.3 Å². The molecule has 25 heavy (non-hydrogen) atoms. The molecule has 2 saturated heterocycles. The van der Waals surface area contributed by atoms with Crippen molar-refractivity contribution in [2.45, 2.75) is 24.4 Å². The maximum absolute atomic E-state index is 10.3. The second-order valence-corrected chi connectivity index (χ2v) is 7.22. The molecule has 0 spiro atoms. The molecule has 0 amide bonds.